The molecular weight excluding hydrogens is 393 g/mol. The average molecular weight is 409 g/mol. The van der Waals surface area contributed by atoms with Crippen LogP contribution in [0.4, 0.5) is 4.39 Å². The van der Waals surface area contributed by atoms with E-state index in [1.165, 1.54) is 37.6 Å². The summed E-state index contributed by atoms with van der Waals surface area (Å²) in [6.45, 7) is -0.297. The number of carbonyl (C=O) groups excluding carboxylic acids is 1. The molecule has 1 N–H and O–H groups in total. The number of benzene rings is 2. The predicted octanol–water partition coefficient (Wildman–Crippen LogP) is 1.54. The first-order chi connectivity index (χ1) is 14.6. The number of methoxy groups -OCH3 is 1. The Morgan fingerprint density at radius 3 is 2.83 bits per heavy atom. The highest BCUT2D eigenvalue weighted by molar-refractivity contribution is 5.83. The molecule has 0 aliphatic carbocycles. The molecule has 0 saturated carbocycles. The minimum absolute atomic E-state index is 0.0982. The molecule has 2 aromatic carbocycles. The molecule has 11 heteroatoms. The Hall–Kier alpha value is -4.33. The van der Waals surface area contributed by atoms with Crippen LogP contribution in [-0.2, 0) is 11.3 Å². The summed E-state index contributed by atoms with van der Waals surface area (Å²) in [5.74, 6) is 0.299. The lowest BCUT2D eigenvalue weighted by molar-refractivity contribution is -0.122. The molecule has 0 unspecified atom stereocenters. The number of ether oxygens (including phenoxy) is 2. The number of aromatic nitrogens is 4. The van der Waals surface area contributed by atoms with Crippen molar-refractivity contribution >= 4 is 12.1 Å². The largest absolute Gasteiger partial charge is 0.493 e. The Kier molecular flexibility index (Phi) is 6.63. The van der Waals surface area contributed by atoms with Gasteiger partial charge in [-0.2, -0.15) is 15.2 Å². The van der Waals surface area contributed by atoms with E-state index >= 15 is 0 Å². The number of rotatable bonds is 8. The maximum Gasteiger partial charge on any atom is 0.263 e. The molecule has 0 bridgehead atoms. The fourth-order valence-electron chi connectivity index (χ4n) is 2.36. The van der Waals surface area contributed by atoms with Crippen LogP contribution < -0.4 is 14.9 Å². The fourth-order valence-corrected chi connectivity index (χ4v) is 2.36. The lowest BCUT2D eigenvalue weighted by Gasteiger charge is -2.08. The first kappa shape index (κ1) is 20.4. The lowest BCUT2D eigenvalue weighted by atomic mass is 10.2. The minimum Gasteiger partial charge on any atom is -0.493 e. The van der Waals surface area contributed by atoms with Crippen molar-refractivity contribution < 1.29 is 18.7 Å². The second kappa shape index (κ2) is 9.74. The molecule has 1 heterocycles. The maximum atomic E-state index is 13.0. The van der Waals surface area contributed by atoms with E-state index in [9.17, 15) is 9.18 Å². The quantitative estimate of drug-likeness (QED) is 0.441. The van der Waals surface area contributed by atoms with Gasteiger partial charge in [0, 0.05) is 5.56 Å². The van der Waals surface area contributed by atoms with Gasteiger partial charge in [0.2, 0.25) is 5.82 Å². The summed E-state index contributed by atoms with van der Waals surface area (Å²) in [6.07, 6.45) is 1.42. The summed E-state index contributed by atoms with van der Waals surface area (Å²) >= 11 is 0. The molecule has 0 saturated heterocycles. The fraction of sp³-hybridized carbons (Fsp3) is 0.158. The zero-order chi connectivity index (χ0) is 21.3. The molecule has 10 nitrogen and oxygen atoms in total. The van der Waals surface area contributed by atoms with Crippen LogP contribution in [0.1, 0.15) is 5.56 Å². The molecule has 1 amide bonds. The van der Waals surface area contributed by atoms with Crippen LogP contribution in [0.3, 0.4) is 0 Å². The van der Waals surface area contributed by atoms with Gasteiger partial charge in [0.15, 0.2) is 18.1 Å². The molecule has 152 valence electrons. The number of halogens is 1. The van der Waals surface area contributed by atoms with E-state index in [0.29, 0.717) is 22.6 Å². The van der Waals surface area contributed by atoms with Crippen LogP contribution in [0.5, 0.6) is 11.5 Å². The van der Waals surface area contributed by atoms with Gasteiger partial charge in [0.05, 0.1) is 13.3 Å². The van der Waals surface area contributed by atoms with Gasteiger partial charge in [-0.25, -0.2) is 9.82 Å². The van der Waals surface area contributed by atoms with Gasteiger partial charge in [0.1, 0.15) is 18.4 Å². The highest BCUT2D eigenvalue weighted by Crippen LogP contribution is 2.27. The summed E-state index contributed by atoms with van der Waals surface area (Å²) in [4.78, 5) is 13.1. The van der Waals surface area contributed by atoms with Gasteiger partial charge in [-0.15, -0.1) is 10.2 Å². The lowest BCUT2D eigenvalue weighted by Crippen LogP contribution is -2.24. The topological polar surface area (TPSA) is 127 Å². The zero-order valence-electron chi connectivity index (χ0n) is 15.8. The van der Waals surface area contributed by atoms with Crippen LogP contribution in [0.25, 0.3) is 11.4 Å². The van der Waals surface area contributed by atoms with Gasteiger partial charge in [-0.3, -0.25) is 4.79 Å². The summed E-state index contributed by atoms with van der Waals surface area (Å²) in [5.41, 5.74) is 3.59. The van der Waals surface area contributed by atoms with Crippen LogP contribution in [0.15, 0.2) is 47.6 Å². The van der Waals surface area contributed by atoms with Gasteiger partial charge in [-0.05, 0) is 53.2 Å². The molecule has 0 radical (unpaired) electrons. The first-order valence-electron chi connectivity index (χ1n) is 8.62. The monoisotopic (exact) mass is 409 g/mol. The Balaban J connectivity index is 1.56. The average Bonchev–Trinajstić information content (AvgIpc) is 3.21. The smallest absolute Gasteiger partial charge is 0.263 e. The Morgan fingerprint density at radius 1 is 1.30 bits per heavy atom. The number of hydrogen-bond acceptors (Lipinski definition) is 8. The maximum absolute atomic E-state index is 13.0. The minimum atomic E-state index is -0.463. The molecular formula is C19H16FN7O3. The molecule has 0 atom stereocenters. The van der Waals surface area contributed by atoms with Crippen molar-refractivity contribution in [2.75, 3.05) is 13.7 Å². The van der Waals surface area contributed by atoms with Crippen molar-refractivity contribution in [2.24, 2.45) is 5.10 Å². The Morgan fingerprint density at radius 2 is 2.10 bits per heavy atom. The molecule has 0 aliphatic rings. The van der Waals surface area contributed by atoms with Crippen molar-refractivity contribution in [3.63, 3.8) is 0 Å². The highest BCUT2D eigenvalue weighted by atomic mass is 19.1. The predicted molar refractivity (Wildman–Crippen MR) is 103 cm³/mol. The van der Waals surface area contributed by atoms with Crippen LogP contribution >= 0.6 is 0 Å². The summed E-state index contributed by atoms with van der Waals surface area (Å²) in [6, 6.07) is 12.5. The SMILES string of the molecule is COc1cc(/C=N\NC(=O)Cn2nnc(-c3ccc(F)cc3)n2)ccc1OCC#N. The van der Waals surface area contributed by atoms with Gasteiger partial charge in [0.25, 0.3) is 5.91 Å². The van der Waals surface area contributed by atoms with Crippen molar-refractivity contribution in [1.82, 2.24) is 25.6 Å². The van der Waals surface area contributed by atoms with E-state index in [0.717, 1.165) is 4.80 Å². The van der Waals surface area contributed by atoms with Crippen molar-refractivity contribution in [2.45, 2.75) is 6.54 Å². The Labute approximate surface area is 170 Å². The summed E-state index contributed by atoms with van der Waals surface area (Å²) in [7, 11) is 1.47. The number of nitriles is 1. The number of nitrogens with zero attached hydrogens (tertiary/aromatic N) is 6. The molecule has 30 heavy (non-hydrogen) atoms. The Bertz CT molecular complexity index is 1090. The number of tetrazole rings is 1. The van der Waals surface area contributed by atoms with Gasteiger partial charge >= 0.3 is 0 Å². The number of hydrazone groups is 1. The zero-order valence-corrected chi connectivity index (χ0v) is 15.8. The van der Waals surface area contributed by atoms with Crippen LogP contribution in [-0.4, -0.2) is 46.0 Å². The van der Waals surface area contributed by atoms with Crippen LogP contribution in [0.2, 0.25) is 0 Å². The highest BCUT2D eigenvalue weighted by Gasteiger charge is 2.09. The van der Waals surface area contributed by atoms with E-state index in [4.69, 9.17) is 14.7 Å². The summed E-state index contributed by atoms with van der Waals surface area (Å²) in [5, 5.41) is 24.2. The second-order valence-electron chi connectivity index (χ2n) is 5.80. The molecule has 0 fully saturated rings. The van der Waals surface area contributed by atoms with Crippen LogP contribution in [0, 0.1) is 17.1 Å². The normalized spacial score (nSPS) is 10.6. The number of hydrogen-bond donors (Lipinski definition) is 1. The van der Waals surface area contributed by atoms with Crippen molar-refractivity contribution in [3.8, 4) is 29.0 Å². The third kappa shape index (κ3) is 5.35. The number of carbonyl (C=O) groups is 1. The molecule has 3 aromatic rings. The number of nitrogens with one attached hydrogen (secondary N) is 1. The standard InChI is InChI=1S/C19H16FN7O3/c1-29-17-10-13(2-7-16(17)30-9-8-21)11-22-23-18(28)12-27-25-19(24-26-27)14-3-5-15(20)6-4-14/h2-7,10-11H,9,12H2,1H3,(H,23,28)/b22-11-. The first-order valence-corrected chi connectivity index (χ1v) is 8.62. The molecule has 0 aliphatic heterocycles. The third-order valence-corrected chi connectivity index (χ3v) is 3.72. The van der Waals surface area contributed by atoms with E-state index < -0.39 is 5.91 Å². The molecule has 3 rings (SSSR count). The van der Waals surface area contributed by atoms with E-state index in [1.54, 1.807) is 18.2 Å². The second-order valence-corrected chi connectivity index (χ2v) is 5.80. The van der Waals surface area contributed by atoms with Gasteiger partial charge in [-0.1, -0.05) is 0 Å². The summed E-state index contributed by atoms with van der Waals surface area (Å²) < 4.78 is 23.4. The molecule has 0 spiro atoms. The molecule has 1 aromatic heterocycles. The van der Waals surface area contributed by atoms with E-state index in [1.807, 2.05) is 6.07 Å². The number of amides is 1. The van der Waals surface area contributed by atoms with E-state index in [2.05, 4.69) is 25.9 Å². The van der Waals surface area contributed by atoms with Gasteiger partial charge < -0.3 is 9.47 Å². The van der Waals surface area contributed by atoms with Crippen molar-refractivity contribution in [1.29, 1.82) is 5.26 Å². The van der Waals surface area contributed by atoms with Crippen molar-refractivity contribution in [3.05, 3.63) is 53.8 Å². The van der Waals surface area contributed by atoms with E-state index in [-0.39, 0.29) is 24.8 Å². The third-order valence-electron chi connectivity index (χ3n) is 3.72.